The van der Waals surface area contributed by atoms with Crippen molar-refractivity contribution in [2.24, 2.45) is 0 Å². The van der Waals surface area contributed by atoms with Crippen molar-refractivity contribution in [1.29, 1.82) is 0 Å². The molecule has 1 saturated heterocycles. The third-order valence-electron chi connectivity index (χ3n) is 4.11. The van der Waals surface area contributed by atoms with Crippen LogP contribution in [0.5, 0.6) is 17.5 Å². The van der Waals surface area contributed by atoms with Crippen LogP contribution in [0.25, 0.3) is 0 Å². The summed E-state index contributed by atoms with van der Waals surface area (Å²) in [6.07, 6.45) is -1.24. The molecule has 0 spiro atoms. The molecule has 1 aliphatic rings. The first kappa shape index (κ1) is 19.7. The van der Waals surface area contributed by atoms with Crippen molar-refractivity contribution < 1.29 is 32.2 Å². The van der Waals surface area contributed by atoms with Crippen molar-refractivity contribution in [3.8, 4) is 17.5 Å². The Morgan fingerprint density at radius 1 is 1.29 bits per heavy atom. The van der Waals surface area contributed by atoms with Gasteiger partial charge in [-0.1, -0.05) is 6.07 Å². The Morgan fingerprint density at radius 3 is 2.82 bits per heavy atom. The monoisotopic (exact) mass is 397 g/mol. The van der Waals surface area contributed by atoms with Crippen LogP contribution in [0.2, 0.25) is 0 Å². The van der Waals surface area contributed by atoms with Crippen molar-refractivity contribution in [3.05, 3.63) is 42.2 Å². The molecule has 10 heteroatoms. The Kier molecular flexibility index (Phi) is 5.86. The van der Waals surface area contributed by atoms with Crippen LogP contribution in [0.3, 0.4) is 0 Å². The summed E-state index contributed by atoms with van der Waals surface area (Å²) in [5.41, 5.74) is -0.827. The molecule has 28 heavy (non-hydrogen) atoms. The first-order chi connectivity index (χ1) is 13.3. The van der Waals surface area contributed by atoms with Gasteiger partial charge >= 0.3 is 6.18 Å². The zero-order valence-electron chi connectivity index (χ0n) is 15.0. The third-order valence-corrected chi connectivity index (χ3v) is 4.11. The van der Waals surface area contributed by atoms with E-state index in [0.29, 0.717) is 31.3 Å². The molecule has 1 unspecified atom stereocenters. The van der Waals surface area contributed by atoms with Crippen LogP contribution in [-0.4, -0.2) is 53.7 Å². The van der Waals surface area contributed by atoms with Gasteiger partial charge in [0.1, 0.15) is 11.9 Å². The lowest BCUT2D eigenvalue weighted by molar-refractivity contribution is -0.137. The maximum Gasteiger partial charge on any atom is 0.416 e. The summed E-state index contributed by atoms with van der Waals surface area (Å²) < 4.78 is 54.1. The van der Waals surface area contributed by atoms with Gasteiger partial charge < -0.3 is 19.1 Å². The largest absolute Gasteiger partial charge is 0.484 e. The van der Waals surface area contributed by atoms with E-state index in [1.807, 2.05) is 0 Å². The van der Waals surface area contributed by atoms with Crippen LogP contribution in [0.1, 0.15) is 12.0 Å². The standard InChI is InChI=1S/C18H18F3N3O4/c1-26-15-8-22-9-16(23-15)28-14-5-6-24(10-14)17(25)11-27-13-4-2-3-12(7-13)18(19,20)21/h2-4,7-9,14H,5-6,10-11H2,1H3. The minimum atomic E-state index is -4.47. The fraction of sp³-hybridized carbons (Fsp3) is 0.389. The molecule has 1 fully saturated rings. The number of benzene rings is 1. The van der Waals surface area contributed by atoms with E-state index in [9.17, 15) is 18.0 Å². The molecule has 0 bridgehead atoms. The van der Waals surface area contributed by atoms with E-state index < -0.39 is 11.7 Å². The van der Waals surface area contributed by atoms with Gasteiger partial charge in [-0.2, -0.15) is 18.2 Å². The number of hydrogen-bond acceptors (Lipinski definition) is 6. The molecule has 1 aromatic heterocycles. The third kappa shape index (κ3) is 5.02. The highest BCUT2D eigenvalue weighted by atomic mass is 19.4. The molecule has 150 valence electrons. The summed E-state index contributed by atoms with van der Waals surface area (Å²) in [5.74, 6) is 0.263. The predicted molar refractivity (Wildman–Crippen MR) is 91.1 cm³/mol. The Labute approximate surface area is 159 Å². The van der Waals surface area contributed by atoms with Crippen LogP contribution >= 0.6 is 0 Å². The molecule has 2 aromatic rings. The molecule has 0 saturated carbocycles. The topological polar surface area (TPSA) is 73.8 Å². The minimum absolute atomic E-state index is 0.0122. The molecular weight excluding hydrogens is 379 g/mol. The van der Waals surface area contributed by atoms with Crippen molar-refractivity contribution in [2.75, 3.05) is 26.8 Å². The number of ether oxygens (including phenoxy) is 3. The lowest BCUT2D eigenvalue weighted by atomic mass is 10.2. The molecule has 1 aliphatic heterocycles. The fourth-order valence-corrected chi connectivity index (χ4v) is 2.71. The molecule has 2 heterocycles. The smallest absolute Gasteiger partial charge is 0.416 e. The molecule has 1 atom stereocenters. The van der Waals surface area contributed by atoms with E-state index in [2.05, 4.69) is 9.97 Å². The Bertz CT molecular complexity index is 832. The first-order valence-corrected chi connectivity index (χ1v) is 8.45. The van der Waals surface area contributed by atoms with Gasteiger partial charge in [0, 0.05) is 13.0 Å². The molecular formula is C18H18F3N3O4. The highest BCUT2D eigenvalue weighted by molar-refractivity contribution is 5.78. The number of rotatable bonds is 6. The number of hydrogen-bond donors (Lipinski definition) is 0. The van der Waals surface area contributed by atoms with Crippen LogP contribution in [0.15, 0.2) is 36.7 Å². The van der Waals surface area contributed by atoms with Crippen molar-refractivity contribution in [1.82, 2.24) is 14.9 Å². The maximum atomic E-state index is 12.7. The van der Waals surface area contributed by atoms with Gasteiger partial charge in [-0.15, -0.1) is 0 Å². The lowest BCUT2D eigenvalue weighted by Gasteiger charge is -2.17. The Hall–Kier alpha value is -3.04. The molecule has 0 radical (unpaired) electrons. The zero-order chi connectivity index (χ0) is 20.1. The number of carbonyl (C=O) groups excluding carboxylic acids is 1. The normalized spacial score (nSPS) is 16.7. The van der Waals surface area contributed by atoms with Gasteiger partial charge in [0.2, 0.25) is 11.8 Å². The minimum Gasteiger partial charge on any atom is -0.484 e. The van der Waals surface area contributed by atoms with Gasteiger partial charge in [-0.25, -0.2) is 0 Å². The molecule has 7 nitrogen and oxygen atoms in total. The highest BCUT2D eigenvalue weighted by Gasteiger charge is 2.31. The van der Waals surface area contributed by atoms with Crippen LogP contribution in [0, 0.1) is 0 Å². The van der Waals surface area contributed by atoms with E-state index in [-0.39, 0.29) is 24.4 Å². The van der Waals surface area contributed by atoms with Gasteiger partial charge in [0.05, 0.1) is 31.6 Å². The summed E-state index contributed by atoms with van der Waals surface area (Å²) >= 11 is 0. The fourth-order valence-electron chi connectivity index (χ4n) is 2.71. The van der Waals surface area contributed by atoms with Gasteiger partial charge in [0.15, 0.2) is 6.61 Å². The van der Waals surface area contributed by atoms with Gasteiger partial charge in [-0.05, 0) is 18.2 Å². The van der Waals surface area contributed by atoms with Crippen LogP contribution < -0.4 is 14.2 Å². The van der Waals surface area contributed by atoms with Crippen LogP contribution in [-0.2, 0) is 11.0 Å². The number of alkyl halides is 3. The molecule has 3 rings (SSSR count). The van der Waals surface area contributed by atoms with Crippen molar-refractivity contribution >= 4 is 5.91 Å². The molecule has 0 N–H and O–H groups in total. The van der Waals surface area contributed by atoms with Crippen molar-refractivity contribution in [2.45, 2.75) is 18.7 Å². The average molecular weight is 397 g/mol. The number of halogens is 3. The number of likely N-dealkylation sites (tertiary alicyclic amines) is 1. The second-order valence-corrected chi connectivity index (χ2v) is 6.08. The molecule has 1 amide bonds. The van der Waals surface area contributed by atoms with Gasteiger partial charge in [-0.3, -0.25) is 9.78 Å². The van der Waals surface area contributed by atoms with Crippen LogP contribution in [0.4, 0.5) is 13.2 Å². The SMILES string of the molecule is COc1cncc(OC2CCN(C(=O)COc3cccc(C(F)(F)F)c3)C2)n1. The molecule has 1 aromatic carbocycles. The summed E-state index contributed by atoms with van der Waals surface area (Å²) in [6, 6.07) is 4.42. The average Bonchev–Trinajstić information content (AvgIpc) is 3.14. The van der Waals surface area contributed by atoms with Crippen molar-refractivity contribution in [3.63, 3.8) is 0 Å². The second kappa shape index (κ2) is 8.32. The predicted octanol–water partition coefficient (Wildman–Crippen LogP) is 2.56. The zero-order valence-corrected chi connectivity index (χ0v) is 15.0. The number of carbonyl (C=O) groups is 1. The number of amides is 1. The summed E-state index contributed by atoms with van der Waals surface area (Å²) in [5, 5.41) is 0. The van der Waals surface area contributed by atoms with E-state index in [1.165, 1.54) is 36.5 Å². The van der Waals surface area contributed by atoms with Gasteiger partial charge in [0.25, 0.3) is 5.91 Å². The van der Waals surface area contributed by atoms with E-state index in [1.54, 1.807) is 0 Å². The second-order valence-electron chi connectivity index (χ2n) is 6.08. The van der Waals surface area contributed by atoms with E-state index in [0.717, 1.165) is 12.1 Å². The first-order valence-electron chi connectivity index (χ1n) is 8.45. The number of aromatic nitrogens is 2. The summed E-state index contributed by atoms with van der Waals surface area (Å²) in [4.78, 5) is 21.9. The Morgan fingerprint density at radius 2 is 2.07 bits per heavy atom. The quantitative estimate of drug-likeness (QED) is 0.746. The number of nitrogens with zero attached hydrogens (tertiary/aromatic N) is 3. The molecule has 0 aliphatic carbocycles. The maximum absolute atomic E-state index is 12.7. The summed E-state index contributed by atoms with van der Waals surface area (Å²) in [7, 11) is 1.47. The lowest BCUT2D eigenvalue weighted by Crippen LogP contribution is -2.34. The van der Waals surface area contributed by atoms with E-state index >= 15 is 0 Å². The highest BCUT2D eigenvalue weighted by Crippen LogP contribution is 2.31. The number of methoxy groups -OCH3 is 1. The Balaban J connectivity index is 1.51. The summed E-state index contributed by atoms with van der Waals surface area (Å²) in [6.45, 7) is 0.420. The van der Waals surface area contributed by atoms with E-state index in [4.69, 9.17) is 14.2 Å².